The summed E-state index contributed by atoms with van der Waals surface area (Å²) in [5.74, 6) is 0.424. The monoisotopic (exact) mass is 238 g/mol. The summed E-state index contributed by atoms with van der Waals surface area (Å²) in [7, 11) is 0. The molecule has 0 aliphatic carbocycles. The lowest BCUT2D eigenvalue weighted by Gasteiger charge is -2.20. The Morgan fingerprint density at radius 3 is 1.47 bits per heavy atom. The van der Waals surface area contributed by atoms with E-state index in [2.05, 4.69) is 32.9 Å². The Morgan fingerprint density at radius 2 is 1.24 bits per heavy atom. The lowest BCUT2D eigenvalue weighted by Crippen LogP contribution is -2.11. The topological polar surface area (TPSA) is 54.4 Å². The van der Waals surface area contributed by atoms with E-state index in [0.29, 0.717) is 5.75 Å². The largest absolute Gasteiger partial charge is 0.507 e. The number of hydrogen-bond donors (Lipinski definition) is 1. The van der Waals surface area contributed by atoms with Gasteiger partial charge in [0.25, 0.3) is 0 Å². The molecule has 0 saturated heterocycles. The zero-order chi connectivity index (χ0) is 14.2. The molecule has 3 nitrogen and oxygen atoms in total. The van der Waals surface area contributed by atoms with Crippen LogP contribution in [-0.4, -0.2) is 18.7 Å². The third-order valence-corrected chi connectivity index (χ3v) is 2.36. The van der Waals surface area contributed by atoms with Crippen LogP contribution in [0.15, 0.2) is 12.1 Å². The third-order valence-electron chi connectivity index (χ3n) is 2.36. The number of carbonyl (C=O) groups is 2. The maximum atomic E-state index is 9.60. The first-order valence-corrected chi connectivity index (χ1v) is 5.21. The van der Waals surface area contributed by atoms with Crippen molar-refractivity contribution in [2.24, 2.45) is 0 Å². The average Bonchev–Trinajstić information content (AvgIpc) is 2.29. The molecule has 0 heterocycles. The molecule has 1 aromatic carbocycles. The van der Waals surface area contributed by atoms with Gasteiger partial charge in [-0.05, 0) is 36.0 Å². The maximum Gasteiger partial charge on any atom is 0.121 e. The fourth-order valence-corrected chi connectivity index (χ4v) is 1.39. The van der Waals surface area contributed by atoms with E-state index < -0.39 is 0 Å². The summed E-state index contributed by atoms with van der Waals surface area (Å²) in [6.45, 7) is 14.4. The molecule has 0 fully saturated rings. The van der Waals surface area contributed by atoms with Gasteiger partial charge in [0.15, 0.2) is 0 Å². The second-order valence-electron chi connectivity index (χ2n) is 4.71. The lowest BCUT2D eigenvalue weighted by atomic mass is 9.85. The Morgan fingerprint density at radius 1 is 0.941 bits per heavy atom. The minimum Gasteiger partial charge on any atom is -0.507 e. The van der Waals surface area contributed by atoms with Crippen molar-refractivity contribution in [2.45, 2.75) is 40.0 Å². The molecule has 0 unspecified atom stereocenters. The van der Waals surface area contributed by atoms with E-state index >= 15 is 0 Å². The van der Waals surface area contributed by atoms with Crippen LogP contribution in [0.1, 0.15) is 37.5 Å². The van der Waals surface area contributed by atoms with Crippen LogP contribution >= 0.6 is 0 Å². The van der Waals surface area contributed by atoms with E-state index in [9.17, 15) is 5.11 Å². The lowest BCUT2D eigenvalue weighted by molar-refractivity contribution is -0.0987. The summed E-state index contributed by atoms with van der Waals surface area (Å²) in [6.07, 6.45) is 0. The molecule has 0 atom stereocenters. The van der Waals surface area contributed by atoms with Crippen molar-refractivity contribution in [2.75, 3.05) is 0 Å². The quantitative estimate of drug-likeness (QED) is 0.756. The molecule has 3 heteroatoms. The number of hydrogen-bond acceptors (Lipinski definition) is 3. The van der Waals surface area contributed by atoms with Crippen LogP contribution in [0.4, 0.5) is 0 Å². The fourth-order valence-electron chi connectivity index (χ4n) is 1.39. The number of benzene rings is 1. The van der Waals surface area contributed by atoms with E-state index in [1.807, 2.05) is 27.4 Å². The third kappa shape index (κ3) is 5.29. The Labute approximate surface area is 103 Å². The van der Waals surface area contributed by atoms with Gasteiger partial charge in [-0.1, -0.05) is 32.9 Å². The number of phenols is 1. The Balaban J connectivity index is 0. The molecule has 96 valence electrons. The molecule has 17 heavy (non-hydrogen) atoms. The number of phenolic OH excluding ortho intramolecular Hbond substituents is 1. The van der Waals surface area contributed by atoms with Gasteiger partial charge in [0.1, 0.15) is 19.3 Å². The summed E-state index contributed by atoms with van der Waals surface area (Å²) in [4.78, 5) is 16.0. The SMILES string of the molecule is C=O.C=O.Cc1cc(C(C)(C)C)cc(C)c1O. The second-order valence-corrected chi connectivity index (χ2v) is 4.71. The number of aryl methyl sites for hydroxylation is 2. The average molecular weight is 238 g/mol. The highest BCUT2D eigenvalue weighted by Crippen LogP contribution is 2.29. The molecule has 0 aliphatic heterocycles. The van der Waals surface area contributed by atoms with Gasteiger partial charge in [-0.25, -0.2) is 0 Å². The van der Waals surface area contributed by atoms with Gasteiger partial charge >= 0.3 is 0 Å². The second kappa shape index (κ2) is 7.60. The molecular formula is C14H22O3. The normalized spacial score (nSPS) is 9.47. The Hall–Kier alpha value is -1.64. The number of aromatic hydroxyl groups is 1. The number of rotatable bonds is 0. The molecule has 0 bridgehead atoms. The first-order chi connectivity index (χ1) is 7.82. The fraction of sp³-hybridized carbons (Fsp3) is 0.429. The molecule has 0 radical (unpaired) electrons. The van der Waals surface area contributed by atoms with Gasteiger partial charge < -0.3 is 14.7 Å². The molecular weight excluding hydrogens is 216 g/mol. The van der Waals surface area contributed by atoms with Crippen molar-refractivity contribution in [3.8, 4) is 5.75 Å². The molecule has 1 N–H and O–H groups in total. The van der Waals surface area contributed by atoms with Gasteiger partial charge in [0, 0.05) is 0 Å². The highest BCUT2D eigenvalue weighted by molar-refractivity contribution is 5.44. The van der Waals surface area contributed by atoms with Gasteiger partial charge in [-0.3, -0.25) is 0 Å². The minimum absolute atomic E-state index is 0.156. The van der Waals surface area contributed by atoms with Crippen molar-refractivity contribution in [1.29, 1.82) is 0 Å². The zero-order valence-corrected chi connectivity index (χ0v) is 11.3. The predicted molar refractivity (Wildman–Crippen MR) is 70.5 cm³/mol. The van der Waals surface area contributed by atoms with Crippen LogP contribution in [0, 0.1) is 13.8 Å². The zero-order valence-electron chi connectivity index (χ0n) is 11.3. The molecule has 0 aliphatic rings. The van der Waals surface area contributed by atoms with Crippen LogP contribution in [0.25, 0.3) is 0 Å². The van der Waals surface area contributed by atoms with Crippen molar-refractivity contribution in [1.82, 2.24) is 0 Å². The first kappa shape index (κ1) is 17.7. The highest BCUT2D eigenvalue weighted by atomic mass is 16.3. The summed E-state index contributed by atoms with van der Waals surface area (Å²) in [5, 5.41) is 9.60. The molecule has 0 saturated carbocycles. The van der Waals surface area contributed by atoms with Crippen molar-refractivity contribution in [3.05, 3.63) is 28.8 Å². The summed E-state index contributed by atoms with van der Waals surface area (Å²) in [6, 6.07) is 4.12. The summed E-state index contributed by atoms with van der Waals surface area (Å²) < 4.78 is 0. The first-order valence-electron chi connectivity index (χ1n) is 5.21. The van der Waals surface area contributed by atoms with Crippen LogP contribution in [-0.2, 0) is 15.0 Å². The number of carbonyl (C=O) groups excluding carboxylic acids is 2. The van der Waals surface area contributed by atoms with E-state index in [4.69, 9.17) is 9.59 Å². The standard InChI is InChI=1S/C12H18O.2CH2O/c1-8-6-10(12(3,4)5)7-9(2)11(8)13;2*1-2/h6-7,13H,1-5H3;2*1H2. The van der Waals surface area contributed by atoms with Crippen molar-refractivity contribution in [3.63, 3.8) is 0 Å². The van der Waals surface area contributed by atoms with E-state index in [0.717, 1.165) is 11.1 Å². The maximum absolute atomic E-state index is 9.60. The van der Waals surface area contributed by atoms with Crippen LogP contribution in [0.2, 0.25) is 0 Å². The van der Waals surface area contributed by atoms with Gasteiger partial charge in [-0.15, -0.1) is 0 Å². The predicted octanol–water partition coefficient (Wildman–Crippen LogP) is 2.94. The van der Waals surface area contributed by atoms with E-state index in [1.54, 1.807) is 0 Å². The molecule has 1 rings (SSSR count). The molecule has 1 aromatic rings. The van der Waals surface area contributed by atoms with Crippen LogP contribution < -0.4 is 0 Å². The van der Waals surface area contributed by atoms with Gasteiger partial charge in [0.05, 0.1) is 0 Å². The van der Waals surface area contributed by atoms with Crippen LogP contribution in [0.5, 0.6) is 5.75 Å². The van der Waals surface area contributed by atoms with Gasteiger partial charge in [0.2, 0.25) is 0 Å². The summed E-state index contributed by atoms with van der Waals surface area (Å²) >= 11 is 0. The molecule has 0 amide bonds. The van der Waals surface area contributed by atoms with Crippen molar-refractivity contribution < 1.29 is 14.7 Å². The Bertz CT molecular complexity index is 326. The van der Waals surface area contributed by atoms with Gasteiger partial charge in [-0.2, -0.15) is 0 Å². The minimum atomic E-state index is 0.156. The molecule has 0 spiro atoms. The van der Waals surface area contributed by atoms with Crippen molar-refractivity contribution >= 4 is 13.6 Å². The van der Waals surface area contributed by atoms with E-state index in [1.165, 1.54) is 5.56 Å². The highest BCUT2D eigenvalue weighted by Gasteiger charge is 2.15. The van der Waals surface area contributed by atoms with Crippen LogP contribution in [0.3, 0.4) is 0 Å². The summed E-state index contributed by atoms with van der Waals surface area (Å²) in [5.41, 5.74) is 3.36. The van der Waals surface area contributed by atoms with E-state index in [-0.39, 0.29) is 5.41 Å². The molecule has 0 aromatic heterocycles. The Kier molecular flexibility index (Phi) is 7.94. The smallest absolute Gasteiger partial charge is 0.121 e.